The van der Waals surface area contributed by atoms with E-state index >= 15 is 17.6 Å². The summed E-state index contributed by atoms with van der Waals surface area (Å²) in [4.78, 5) is 0. The third-order valence-corrected chi connectivity index (χ3v) is 11.5. The van der Waals surface area contributed by atoms with E-state index in [-0.39, 0.29) is 85.0 Å². The van der Waals surface area contributed by atoms with Crippen LogP contribution in [-0.2, 0) is 39.1 Å². The van der Waals surface area contributed by atoms with Crippen LogP contribution in [0.2, 0.25) is 0 Å². The summed E-state index contributed by atoms with van der Waals surface area (Å²) < 4.78 is 142. The highest BCUT2D eigenvalue weighted by atomic mass is 19.3. The smallest absolute Gasteiger partial charge is 0.432 e. The molecule has 0 saturated heterocycles. The molecule has 0 aliphatic carbocycles. The van der Waals surface area contributed by atoms with Crippen molar-refractivity contribution < 1.29 is 59.2 Å². The van der Waals surface area contributed by atoms with Gasteiger partial charge in [0.15, 0.2) is 29.0 Å². The minimum Gasteiger partial charge on any atom is -0.484 e. The molecule has 73 heavy (non-hydrogen) atoms. The molecule has 0 aliphatic rings. The van der Waals surface area contributed by atoms with Crippen LogP contribution in [0.25, 0.3) is 22.3 Å². The monoisotopic (exact) mass is 992 g/mol. The van der Waals surface area contributed by atoms with Crippen LogP contribution in [0, 0.1) is 29.1 Å². The van der Waals surface area contributed by atoms with Gasteiger partial charge in [0.2, 0.25) is 17.2 Å². The summed E-state index contributed by atoms with van der Waals surface area (Å²) >= 11 is 0. The van der Waals surface area contributed by atoms with Crippen molar-refractivity contribution in [1.82, 2.24) is 0 Å². The van der Waals surface area contributed by atoms with Crippen molar-refractivity contribution in [1.29, 1.82) is 0 Å². The van der Waals surface area contributed by atoms with Crippen molar-refractivity contribution in [3.63, 3.8) is 0 Å². The third-order valence-electron chi connectivity index (χ3n) is 11.5. The molecule has 0 bridgehead atoms. The molecule has 0 unspecified atom stereocenters. The molecule has 0 spiro atoms. The first-order valence-electron chi connectivity index (χ1n) is 22.9. The second-order valence-corrected chi connectivity index (χ2v) is 16.6. The van der Waals surface area contributed by atoms with Crippen molar-refractivity contribution in [3.8, 4) is 56.8 Å². The second-order valence-electron chi connectivity index (χ2n) is 16.6. The van der Waals surface area contributed by atoms with Gasteiger partial charge in [-0.15, -0.1) is 0 Å². The van der Waals surface area contributed by atoms with Crippen LogP contribution >= 0.6 is 0 Å². The Bertz CT molecular complexity index is 3120. The summed E-state index contributed by atoms with van der Waals surface area (Å²) in [6, 6.07) is 55.4. The van der Waals surface area contributed by atoms with Gasteiger partial charge in [0, 0.05) is 12.1 Å². The molecule has 0 aromatic heterocycles. The molecular formula is C60H43F7O6. The molecule has 6 nitrogen and oxygen atoms in total. The fraction of sp³-hybridized carbons (Fsp3) is 0.100. The molecule has 0 atom stereocenters. The SMILES string of the molecule is Fc1cc(OC(F)(F)c2c(F)cc(-c3ccc(-c4c(OCc5ccccc5)c(OCc5ccccc5)c(OCc5ccccc5)c(OCc5ccccc5)c4OCc4ccccc4)cc3)cc2F)cc(F)c1F. The lowest BCUT2D eigenvalue weighted by atomic mass is 9.96. The average Bonchev–Trinajstić information content (AvgIpc) is 3.40. The first-order chi connectivity index (χ1) is 35.5. The van der Waals surface area contributed by atoms with E-state index in [0.29, 0.717) is 23.3 Å². The minimum absolute atomic E-state index is 0.0539. The van der Waals surface area contributed by atoms with Crippen LogP contribution in [0.3, 0.4) is 0 Å². The number of hydrogen-bond acceptors (Lipinski definition) is 6. The molecule has 0 fully saturated rings. The Morgan fingerprint density at radius 3 is 0.959 bits per heavy atom. The number of halogens is 7. The molecule has 0 N–H and O–H groups in total. The number of benzene rings is 9. The third kappa shape index (κ3) is 11.9. The van der Waals surface area contributed by atoms with E-state index in [1.807, 2.05) is 152 Å². The summed E-state index contributed by atoms with van der Waals surface area (Å²) in [5.74, 6) is -9.32. The van der Waals surface area contributed by atoms with Gasteiger partial charge < -0.3 is 28.4 Å². The first kappa shape index (κ1) is 49.3. The van der Waals surface area contributed by atoms with Crippen molar-refractivity contribution >= 4 is 0 Å². The number of hydrogen-bond donors (Lipinski definition) is 0. The molecule has 9 rings (SSSR count). The highest BCUT2D eigenvalue weighted by Gasteiger charge is 2.42. The van der Waals surface area contributed by atoms with Crippen LogP contribution in [0.5, 0.6) is 34.5 Å². The van der Waals surface area contributed by atoms with E-state index in [2.05, 4.69) is 4.74 Å². The molecular weight excluding hydrogens is 950 g/mol. The summed E-state index contributed by atoms with van der Waals surface area (Å²) in [7, 11) is 0. The molecule has 0 saturated carbocycles. The molecule has 13 heteroatoms. The molecule has 9 aromatic rings. The summed E-state index contributed by atoms with van der Waals surface area (Å²) in [6.45, 7) is 0.332. The minimum atomic E-state index is -4.78. The van der Waals surface area contributed by atoms with Crippen LogP contribution in [0.15, 0.2) is 200 Å². The first-order valence-corrected chi connectivity index (χ1v) is 22.9. The lowest BCUT2D eigenvalue weighted by Crippen LogP contribution is -2.25. The highest BCUT2D eigenvalue weighted by molar-refractivity contribution is 5.87. The van der Waals surface area contributed by atoms with Gasteiger partial charge >= 0.3 is 6.11 Å². The lowest BCUT2D eigenvalue weighted by molar-refractivity contribution is -0.189. The van der Waals surface area contributed by atoms with Crippen LogP contribution in [0.4, 0.5) is 30.7 Å². The standard InChI is InChI=1S/C60H43F7O6/c61-48-30-46(31-49(62)53(48)60(66,67)73-47-32-50(63)54(65)51(64)33-47)44-26-28-45(29-27-44)52-55(68-34-39-16-6-1-7-17-39)57(70-36-41-20-10-3-11-21-41)59(72-38-43-24-14-5-15-25-43)58(71-37-42-22-12-4-13-23-42)56(52)69-35-40-18-8-2-9-19-40/h1-33H,34-38H2. The van der Waals surface area contributed by atoms with E-state index in [0.717, 1.165) is 27.8 Å². The second kappa shape index (κ2) is 22.6. The van der Waals surface area contributed by atoms with E-state index < -0.39 is 46.5 Å². The van der Waals surface area contributed by atoms with Gasteiger partial charge in [-0.1, -0.05) is 176 Å². The molecule has 0 radical (unpaired) electrons. The Hall–Kier alpha value is -8.71. The Labute approximate surface area is 416 Å². The van der Waals surface area contributed by atoms with Crippen LogP contribution in [0.1, 0.15) is 33.4 Å². The maximum atomic E-state index is 15.7. The summed E-state index contributed by atoms with van der Waals surface area (Å²) in [5, 5.41) is 0. The van der Waals surface area contributed by atoms with E-state index in [4.69, 9.17) is 23.7 Å². The molecule has 0 amide bonds. The quantitative estimate of drug-likeness (QED) is 0.0560. The summed E-state index contributed by atoms with van der Waals surface area (Å²) in [5.41, 5.74) is 3.18. The predicted molar refractivity (Wildman–Crippen MR) is 262 cm³/mol. The maximum Gasteiger partial charge on any atom is 0.432 e. The average molecular weight is 993 g/mol. The van der Waals surface area contributed by atoms with Gasteiger partial charge in [0.25, 0.3) is 0 Å². The van der Waals surface area contributed by atoms with Crippen LogP contribution < -0.4 is 28.4 Å². The highest BCUT2D eigenvalue weighted by Crippen LogP contribution is 2.59. The zero-order valence-corrected chi connectivity index (χ0v) is 38.7. The van der Waals surface area contributed by atoms with E-state index in [9.17, 15) is 13.2 Å². The van der Waals surface area contributed by atoms with E-state index in [1.54, 1.807) is 12.1 Å². The molecule has 0 aliphatic heterocycles. The van der Waals surface area contributed by atoms with Crippen molar-refractivity contribution in [3.05, 3.63) is 263 Å². The van der Waals surface area contributed by atoms with E-state index in [1.165, 1.54) is 12.1 Å². The van der Waals surface area contributed by atoms with Gasteiger partial charge in [0.05, 0.1) is 5.56 Å². The van der Waals surface area contributed by atoms with Crippen molar-refractivity contribution in [2.24, 2.45) is 0 Å². The van der Waals surface area contributed by atoms with Gasteiger partial charge in [-0.25, -0.2) is 22.0 Å². The number of rotatable bonds is 20. The summed E-state index contributed by atoms with van der Waals surface area (Å²) in [6.07, 6.45) is -4.78. The van der Waals surface area contributed by atoms with Gasteiger partial charge in [-0.05, 0) is 56.6 Å². The zero-order chi connectivity index (χ0) is 50.7. The maximum absolute atomic E-state index is 15.7. The van der Waals surface area contributed by atoms with Crippen molar-refractivity contribution in [2.75, 3.05) is 0 Å². The van der Waals surface area contributed by atoms with Gasteiger partial charge in [0.1, 0.15) is 56.0 Å². The van der Waals surface area contributed by atoms with Crippen molar-refractivity contribution in [2.45, 2.75) is 39.1 Å². The van der Waals surface area contributed by atoms with Gasteiger partial charge in [-0.3, -0.25) is 0 Å². The van der Waals surface area contributed by atoms with Gasteiger partial charge in [-0.2, -0.15) is 8.78 Å². The Balaban J connectivity index is 1.21. The largest absolute Gasteiger partial charge is 0.484 e. The van der Waals surface area contributed by atoms with Crippen LogP contribution in [-0.4, -0.2) is 0 Å². The normalized spacial score (nSPS) is 11.2. The molecule has 9 aromatic carbocycles. The number of alkyl halides is 2. The number of ether oxygens (including phenoxy) is 6. The predicted octanol–water partition coefficient (Wildman–Crippen LogP) is 15.7. The fourth-order valence-electron chi connectivity index (χ4n) is 7.86. The Morgan fingerprint density at radius 2 is 0.616 bits per heavy atom. The zero-order valence-electron chi connectivity index (χ0n) is 38.7. The topological polar surface area (TPSA) is 55.4 Å². The Morgan fingerprint density at radius 1 is 0.315 bits per heavy atom. The lowest BCUT2D eigenvalue weighted by Gasteiger charge is -2.26. The fourth-order valence-corrected chi connectivity index (χ4v) is 7.86. The molecule has 368 valence electrons. The Kier molecular flexibility index (Phi) is 15.2. The molecule has 0 heterocycles.